The van der Waals surface area contributed by atoms with Crippen LogP contribution in [0.3, 0.4) is 0 Å². The van der Waals surface area contributed by atoms with Crippen LogP contribution in [0, 0.1) is 0 Å². The van der Waals surface area contributed by atoms with Crippen LogP contribution in [0.25, 0.3) is 0 Å². The Kier molecular flexibility index (Phi) is 5.18. The van der Waals surface area contributed by atoms with E-state index in [9.17, 15) is 9.90 Å². The summed E-state index contributed by atoms with van der Waals surface area (Å²) in [5.41, 5.74) is 5.80. The number of carbonyl (C=O) groups excluding carboxylic acids is 1. The zero-order chi connectivity index (χ0) is 14.5. The Morgan fingerprint density at radius 2 is 2.16 bits per heavy atom. The number of amides is 1. The van der Waals surface area contributed by atoms with Crippen LogP contribution in [0.2, 0.25) is 0 Å². The van der Waals surface area contributed by atoms with Crippen LogP contribution >= 0.6 is 0 Å². The van der Waals surface area contributed by atoms with Gasteiger partial charge in [-0.05, 0) is 38.5 Å². The van der Waals surface area contributed by atoms with Crippen LogP contribution in [-0.4, -0.2) is 23.2 Å². The molecule has 0 aliphatic rings. The molecule has 0 radical (unpaired) electrons. The van der Waals surface area contributed by atoms with Crippen molar-refractivity contribution in [3.05, 3.63) is 23.8 Å². The smallest absolute Gasteiger partial charge is 0.219 e. The predicted octanol–water partition coefficient (Wildman–Crippen LogP) is 1.53. The minimum Gasteiger partial charge on any atom is -0.504 e. The number of benzene rings is 1. The summed E-state index contributed by atoms with van der Waals surface area (Å²) in [6.07, 6.45) is 0.267. The number of aromatic hydroxyl groups is 1. The van der Waals surface area contributed by atoms with Gasteiger partial charge < -0.3 is 20.9 Å². The molecular formula is C14H22N2O3. The zero-order valence-electron chi connectivity index (χ0n) is 11.7. The fourth-order valence-corrected chi connectivity index (χ4v) is 1.78. The van der Waals surface area contributed by atoms with E-state index in [2.05, 4.69) is 5.32 Å². The Hall–Kier alpha value is -1.75. The van der Waals surface area contributed by atoms with Gasteiger partial charge in [0, 0.05) is 18.5 Å². The Morgan fingerprint density at radius 1 is 1.47 bits per heavy atom. The van der Waals surface area contributed by atoms with Crippen molar-refractivity contribution in [3.63, 3.8) is 0 Å². The molecule has 5 nitrogen and oxygen atoms in total. The molecule has 0 fully saturated rings. The minimum absolute atomic E-state index is 0.127. The summed E-state index contributed by atoms with van der Waals surface area (Å²) in [6, 6.07) is 5.19. The van der Waals surface area contributed by atoms with Crippen molar-refractivity contribution >= 4 is 5.91 Å². The summed E-state index contributed by atoms with van der Waals surface area (Å²) in [4.78, 5) is 10.9. The van der Waals surface area contributed by atoms with Gasteiger partial charge in [0.2, 0.25) is 5.91 Å². The van der Waals surface area contributed by atoms with Gasteiger partial charge in [-0.25, -0.2) is 0 Å². The van der Waals surface area contributed by atoms with Crippen molar-refractivity contribution in [1.29, 1.82) is 0 Å². The van der Waals surface area contributed by atoms with E-state index in [0.717, 1.165) is 5.56 Å². The molecule has 0 saturated heterocycles. The first-order valence-electron chi connectivity index (χ1n) is 6.32. The van der Waals surface area contributed by atoms with Gasteiger partial charge in [-0.15, -0.1) is 0 Å². The van der Waals surface area contributed by atoms with Crippen molar-refractivity contribution < 1.29 is 14.6 Å². The highest BCUT2D eigenvalue weighted by atomic mass is 16.5. The highest BCUT2D eigenvalue weighted by molar-refractivity contribution is 5.75. The van der Waals surface area contributed by atoms with E-state index in [0.29, 0.717) is 18.9 Å². The number of phenolic OH excluding ortho intramolecular Hbond substituents is 1. The first-order valence-corrected chi connectivity index (χ1v) is 6.32. The molecular weight excluding hydrogens is 244 g/mol. The van der Waals surface area contributed by atoms with Gasteiger partial charge in [0.1, 0.15) is 0 Å². The Morgan fingerprint density at radius 3 is 2.74 bits per heavy atom. The molecule has 0 atom stereocenters. The summed E-state index contributed by atoms with van der Waals surface area (Å²) in [7, 11) is 0. The lowest BCUT2D eigenvalue weighted by molar-refractivity contribution is -0.119. The average molecular weight is 266 g/mol. The Bertz CT molecular complexity index is 444. The number of primary amides is 1. The second kappa shape index (κ2) is 6.43. The van der Waals surface area contributed by atoms with Crippen molar-refractivity contribution in [3.8, 4) is 11.5 Å². The monoisotopic (exact) mass is 266 g/mol. The van der Waals surface area contributed by atoms with Crippen LogP contribution in [-0.2, 0) is 11.3 Å². The van der Waals surface area contributed by atoms with Gasteiger partial charge >= 0.3 is 0 Å². The zero-order valence-corrected chi connectivity index (χ0v) is 11.7. The second-order valence-corrected chi connectivity index (χ2v) is 5.12. The third kappa shape index (κ3) is 5.18. The van der Waals surface area contributed by atoms with E-state index in [-0.39, 0.29) is 23.6 Å². The molecule has 1 aromatic carbocycles. The molecule has 5 heteroatoms. The van der Waals surface area contributed by atoms with Crippen LogP contribution in [0.5, 0.6) is 11.5 Å². The molecule has 1 amide bonds. The molecule has 0 aromatic heterocycles. The quantitative estimate of drug-likeness (QED) is 0.699. The van der Waals surface area contributed by atoms with Crippen molar-refractivity contribution in [2.45, 2.75) is 39.3 Å². The Balaban J connectivity index is 2.67. The van der Waals surface area contributed by atoms with Crippen molar-refractivity contribution in [2.75, 3.05) is 6.61 Å². The third-order valence-corrected chi connectivity index (χ3v) is 2.71. The number of carbonyl (C=O) groups is 1. The minimum atomic E-state index is -0.366. The molecule has 1 rings (SSSR count). The maximum Gasteiger partial charge on any atom is 0.219 e. The molecule has 0 heterocycles. The summed E-state index contributed by atoms with van der Waals surface area (Å²) in [5.74, 6) is 0.259. The first kappa shape index (κ1) is 15.3. The van der Waals surface area contributed by atoms with Crippen LogP contribution in [0.15, 0.2) is 18.2 Å². The fourth-order valence-electron chi connectivity index (χ4n) is 1.78. The topological polar surface area (TPSA) is 84.6 Å². The van der Waals surface area contributed by atoms with E-state index < -0.39 is 0 Å². The highest BCUT2D eigenvalue weighted by Crippen LogP contribution is 2.27. The molecule has 1 aromatic rings. The van der Waals surface area contributed by atoms with Crippen molar-refractivity contribution in [2.24, 2.45) is 5.73 Å². The maximum atomic E-state index is 10.9. The molecule has 0 bridgehead atoms. The molecule has 0 aliphatic heterocycles. The normalized spacial score (nSPS) is 11.3. The summed E-state index contributed by atoms with van der Waals surface area (Å²) in [6.45, 7) is 6.77. The van der Waals surface area contributed by atoms with Crippen LogP contribution in [0.1, 0.15) is 32.8 Å². The number of hydrogen-bond donors (Lipinski definition) is 3. The highest BCUT2D eigenvalue weighted by Gasteiger charge is 2.19. The van der Waals surface area contributed by atoms with E-state index in [4.69, 9.17) is 10.5 Å². The lowest BCUT2D eigenvalue weighted by atomic mass is 10.00. The van der Waals surface area contributed by atoms with Crippen LogP contribution in [0.4, 0.5) is 0 Å². The number of rotatable bonds is 7. The standard InChI is InChI=1S/C14H22N2O3/c1-4-19-12-7-10(5-6-11(12)17)9-16-14(2,3)8-13(15)18/h5-7,16-17H,4,8-9H2,1-3H3,(H2,15,18). The first-order chi connectivity index (χ1) is 8.84. The van der Waals surface area contributed by atoms with Gasteiger partial charge in [0.25, 0.3) is 0 Å². The van der Waals surface area contributed by atoms with Crippen molar-refractivity contribution in [1.82, 2.24) is 5.32 Å². The van der Waals surface area contributed by atoms with E-state index >= 15 is 0 Å². The fraction of sp³-hybridized carbons (Fsp3) is 0.500. The lowest BCUT2D eigenvalue weighted by Gasteiger charge is -2.25. The second-order valence-electron chi connectivity index (χ2n) is 5.12. The molecule has 0 unspecified atom stereocenters. The van der Waals surface area contributed by atoms with Gasteiger partial charge in [0.05, 0.1) is 6.61 Å². The molecule has 0 saturated carbocycles. The lowest BCUT2D eigenvalue weighted by Crippen LogP contribution is -2.42. The predicted molar refractivity (Wildman–Crippen MR) is 74.0 cm³/mol. The average Bonchev–Trinajstić information content (AvgIpc) is 2.29. The summed E-state index contributed by atoms with van der Waals surface area (Å²) >= 11 is 0. The molecule has 0 aliphatic carbocycles. The molecule has 0 spiro atoms. The maximum absolute atomic E-state index is 10.9. The van der Waals surface area contributed by atoms with Gasteiger partial charge in [-0.3, -0.25) is 4.79 Å². The number of ether oxygens (including phenoxy) is 1. The van der Waals surface area contributed by atoms with Gasteiger partial charge in [0.15, 0.2) is 11.5 Å². The summed E-state index contributed by atoms with van der Waals surface area (Å²) < 4.78 is 5.32. The van der Waals surface area contributed by atoms with E-state index in [1.54, 1.807) is 12.1 Å². The number of phenols is 1. The van der Waals surface area contributed by atoms with Gasteiger partial charge in [-0.2, -0.15) is 0 Å². The summed E-state index contributed by atoms with van der Waals surface area (Å²) in [5, 5.41) is 12.9. The van der Waals surface area contributed by atoms with Gasteiger partial charge in [-0.1, -0.05) is 6.07 Å². The number of hydrogen-bond acceptors (Lipinski definition) is 4. The Labute approximate surface area is 113 Å². The number of nitrogens with one attached hydrogen (secondary N) is 1. The van der Waals surface area contributed by atoms with Crippen LogP contribution < -0.4 is 15.8 Å². The number of nitrogens with two attached hydrogens (primary N) is 1. The van der Waals surface area contributed by atoms with E-state index in [1.807, 2.05) is 26.8 Å². The molecule has 4 N–H and O–H groups in total. The molecule has 106 valence electrons. The SMILES string of the molecule is CCOc1cc(CNC(C)(C)CC(N)=O)ccc1O. The third-order valence-electron chi connectivity index (χ3n) is 2.71. The largest absolute Gasteiger partial charge is 0.504 e. The van der Waals surface area contributed by atoms with E-state index in [1.165, 1.54) is 0 Å². The molecule has 19 heavy (non-hydrogen) atoms.